The van der Waals surface area contributed by atoms with E-state index in [0.29, 0.717) is 42.7 Å². The molecular weight excluding hydrogens is 464 g/mol. The van der Waals surface area contributed by atoms with Crippen LogP contribution < -0.4 is 5.32 Å². The number of fused-ring (bicyclic) bond motifs is 1. The van der Waals surface area contributed by atoms with Crippen molar-refractivity contribution in [3.05, 3.63) is 95.2 Å². The van der Waals surface area contributed by atoms with Crippen molar-refractivity contribution in [2.45, 2.75) is 19.8 Å². The van der Waals surface area contributed by atoms with Crippen molar-refractivity contribution in [2.75, 3.05) is 18.4 Å². The maximum absolute atomic E-state index is 13.2. The minimum Gasteiger partial charge on any atom is -0.343 e. The van der Waals surface area contributed by atoms with Crippen LogP contribution in [0.3, 0.4) is 0 Å². The predicted octanol–water partition coefficient (Wildman–Crippen LogP) is 5.16. The van der Waals surface area contributed by atoms with Crippen LogP contribution in [0.2, 0.25) is 0 Å². The molecule has 2 amide bonds. The molecule has 4 aromatic rings. The Labute approximate surface area is 215 Å². The first-order valence-electron chi connectivity index (χ1n) is 12.4. The van der Waals surface area contributed by atoms with Crippen LogP contribution in [0, 0.1) is 5.92 Å². The number of aromatic nitrogens is 2. The summed E-state index contributed by atoms with van der Waals surface area (Å²) < 4.78 is 0. The minimum absolute atomic E-state index is 0.0401. The number of nitrogens with zero attached hydrogens (tertiary/aromatic N) is 2. The number of nitrogens with one attached hydrogen (secondary N) is 2. The summed E-state index contributed by atoms with van der Waals surface area (Å²) in [4.78, 5) is 39.3. The number of amides is 2. The number of hydrogen-bond acceptors (Lipinski definition) is 4. The first-order chi connectivity index (χ1) is 18.0. The van der Waals surface area contributed by atoms with Crippen LogP contribution in [0.1, 0.15) is 46.9 Å². The van der Waals surface area contributed by atoms with Gasteiger partial charge in [-0.05, 0) is 48.7 Å². The standard InChI is InChI=1S/C30H28N4O3/c1-20(35)34-16-14-22(15-17-34)30(37)31-25-9-5-8-23(18-25)29(36)24-11-12-26-27(32-33-28(26)19-24)13-10-21-6-3-2-4-7-21/h2-13,18-19,22H,14-17H2,1H3,(H,31,37)(H,32,33)/b13-10+. The number of ketones is 1. The van der Waals surface area contributed by atoms with Gasteiger partial charge in [-0.15, -0.1) is 0 Å². The van der Waals surface area contributed by atoms with E-state index in [0.717, 1.165) is 22.2 Å². The van der Waals surface area contributed by atoms with Gasteiger partial charge in [-0.2, -0.15) is 5.10 Å². The maximum atomic E-state index is 13.2. The molecule has 2 heterocycles. The fraction of sp³-hybridized carbons (Fsp3) is 0.200. The highest BCUT2D eigenvalue weighted by Gasteiger charge is 2.26. The molecule has 1 aliphatic heterocycles. The average Bonchev–Trinajstić information content (AvgIpc) is 3.34. The lowest BCUT2D eigenvalue weighted by atomic mass is 9.95. The van der Waals surface area contributed by atoms with Crippen molar-refractivity contribution in [3.63, 3.8) is 0 Å². The second-order valence-corrected chi connectivity index (χ2v) is 9.29. The van der Waals surface area contributed by atoms with Crippen molar-refractivity contribution in [3.8, 4) is 0 Å². The number of anilines is 1. The molecule has 0 unspecified atom stereocenters. The lowest BCUT2D eigenvalue weighted by molar-refractivity contribution is -0.132. The Balaban J connectivity index is 1.28. The van der Waals surface area contributed by atoms with E-state index in [1.54, 1.807) is 48.2 Å². The van der Waals surface area contributed by atoms with E-state index in [-0.39, 0.29) is 23.5 Å². The van der Waals surface area contributed by atoms with Gasteiger partial charge in [-0.25, -0.2) is 0 Å². The van der Waals surface area contributed by atoms with E-state index in [9.17, 15) is 14.4 Å². The van der Waals surface area contributed by atoms with Crippen molar-refractivity contribution in [1.29, 1.82) is 0 Å². The van der Waals surface area contributed by atoms with Crippen LogP contribution >= 0.6 is 0 Å². The average molecular weight is 493 g/mol. The number of aromatic amines is 1. The number of benzene rings is 3. The van der Waals surface area contributed by atoms with Gasteiger partial charge in [0.25, 0.3) is 0 Å². The van der Waals surface area contributed by atoms with Crippen LogP contribution in [0.5, 0.6) is 0 Å². The number of piperidine rings is 1. The highest BCUT2D eigenvalue weighted by Crippen LogP contribution is 2.23. The molecule has 1 aromatic heterocycles. The number of H-pyrrole nitrogens is 1. The summed E-state index contributed by atoms with van der Waals surface area (Å²) in [5.74, 6) is -0.326. The molecule has 0 aliphatic carbocycles. The number of rotatable bonds is 6. The molecule has 1 aliphatic rings. The molecule has 2 N–H and O–H groups in total. The van der Waals surface area contributed by atoms with Gasteiger partial charge in [0, 0.05) is 48.1 Å². The van der Waals surface area contributed by atoms with E-state index in [1.165, 1.54) is 0 Å². The van der Waals surface area contributed by atoms with E-state index in [4.69, 9.17) is 0 Å². The third-order valence-electron chi connectivity index (χ3n) is 6.79. The predicted molar refractivity (Wildman–Crippen MR) is 145 cm³/mol. The third kappa shape index (κ3) is 5.51. The largest absolute Gasteiger partial charge is 0.343 e. The fourth-order valence-corrected chi connectivity index (χ4v) is 4.65. The molecular formula is C30H28N4O3. The number of hydrogen-bond donors (Lipinski definition) is 2. The number of carbonyl (C=O) groups is 3. The van der Waals surface area contributed by atoms with E-state index >= 15 is 0 Å². The van der Waals surface area contributed by atoms with E-state index < -0.39 is 0 Å². The van der Waals surface area contributed by atoms with Crippen molar-refractivity contribution >= 4 is 46.3 Å². The lowest BCUT2D eigenvalue weighted by Crippen LogP contribution is -2.40. The van der Waals surface area contributed by atoms with Crippen molar-refractivity contribution in [1.82, 2.24) is 15.1 Å². The highest BCUT2D eigenvalue weighted by molar-refractivity contribution is 6.11. The summed E-state index contributed by atoms with van der Waals surface area (Å²) in [5, 5.41) is 11.3. The van der Waals surface area contributed by atoms with Gasteiger partial charge < -0.3 is 10.2 Å². The number of likely N-dealkylation sites (tertiary alicyclic amines) is 1. The van der Waals surface area contributed by atoms with Crippen molar-refractivity contribution in [2.24, 2.45) is 5.92 Å². The Kier molecular flexibility index (Phi) is 6.94. The van der Waals surface area contributed by atoms with Gasteiger partial charge >= 0.3 is 0 Å². The molecule has 0 radical (unpaired) electrons. The Morgan fingerprint density at radius 1 is 0.919 bits per heavy atom. The van der Waals surface area contributed by atoms with E-state index in [2.05, 4.69) is 15.5 Å². The SMILES string of the molecule is CC(=O)N1CCC(C(=O)Nc2cccc(C(=O)c3ccc4c(/C=C/c5ccccc5)n[nH]c4c3)c2)CC1. The third-order valence-corrected chi connectivity index (χ3v) is 6.79. The van der Waals surface area contributed by atoms with Gasteiger partial charge in [0.2, 0.25) is 11.8 Å². The van der Waals surface area contributed by atoms with Gasteiger partial charge in [0.1, 0.15) is 0 Å². The second-order valence-electron chi connectivity index (χ2n) is 9.29. The smallest absolute Gasteiger partial charge is 0.227 e. The Bertz CT molecular complexity index is 1480. The van der Waals surface area contributed by atoms with Crippen LogP contribution in [-0.2, 0) is 9.59 Å². The molecule has 0 atom stereocenters. The normalized spacial score (nSPS) is 14.2. The first-order valence-corrected chi connectivity index (χ1v) is 12.4. The summed E-state index contributed by atoms with van der Waals surface area (Å²) in [7, 11) is 0. The molecule has 0 saturated carbocycles. The van der Waals surface area contributed by atoms with Gasteiger partial charge in [-0.3, -0.25) is 19.5 Å². The molecule has 1 fully saturated rings. The molecule has 0 spiro atoms. The van der Waals surface area contributed by atoms with Crippen LogP contribution in [0.25, 0.3) is 23.1 Å². The first kappa shape index (κ1) is 24.2. The highest BCUT2D eigenvalue weighted by atomic mass is 16.2. The van der Waals surface area contributed by atoms with Gasteiger partial charge in [0.15, 0.2) is 5.78 Å². The lowest BCUT2D eigenvalue weighted by Gasteiger charge is -2.30. The Hall–Kier alpha value is -4.52. The molecule has 1 saturated heterocycles. The van der Waals surface area contributed by atoms with E-state index in [1.807, 2.05) is 48.6 Å². The van der Waals surface area contributed by atoms with Gasteiger partial charge in [0.05, 0.1) is 11.2 Å². The monoisotopic (exact) mass is 492 g/mol. The van der Waals surface area contributed by atoms with Crippen LogP contribution in [-0.4, -0.2) is 45.8 Å². The summed E-state index contributed by atoms with van der Waals surface area (Å²) in [5.41, 5.74) is 4.28. The molecule has 37 heavy (non-hydrogen) atoms. The molecule has 3 aromatic carbocycles. The van der Waals surface area contributed by atoms with Crippen LogP contribution in [0.4, 0.5) is 5.69 Å². The molecule has 7 nitrogen and oxygen atoms in total. The summed E-state index contributed by atoms with van der Waals surface area (Å²) >= 11 is 0. The zero-order chi connectivity index (χ0) is 25.8. The Morgan fingerprint density at radius 3 is 2.43 bits per heavy atom. The second kappa shape index (κ2) is 10.6. The summed E-state index contributed by atoms with van der Waals surface area (Å²) in [6, 6.07) is 22.5. The molecule has 0 bridgehead atoms. The summed E-state index contributed by atoms with van der Waals surface area (Å²) in [6.45, 7) is 2.73. The minimum atomic E-state index is -0.150. The number of carbonyl (C=O) groups excluding carboxylic acids is 3. The summed E-state index contributed by atoms with van der Waals surface area (Å²) in [6.07, 6.45) is 5.22. The maximum Gasteiger partial charge on any atom is 0.227 e. The van der Waals surface area contributed by atoms with Crippen molar-refractivity contribution < 1.29 is 14.4 Å². The molecule has 186 valence electrons. The Morgan fingerprint density at radius 2 is 1.68 bits per heavy atom. The van der Waals surface area contributed by atoms with Gasteiger partial charge in [-0.1, -0.05) is 54.6 Å². The van der Waals surface area contributed by atoms with Crippen LogP contribution in [0.15, 0.2) is 72.8 Å². The molecule has 7 heteroatoms. The molecule has 5 rings (SSSR count). The zero-order valence-corrected chi connectivity index (χ0v) is 20.6. The zero-order valence-electron chi connectivity index (χ0n) is 20.6. The topological polar surface area (TPSA) is 95.2 Å². The fourth-order valence-electron chi connectivity index (χ4n) is 4.65. The quantitative estimate of drug-likeness (QED) is 0.364.